The molecular weight excluding hydrogens is 666 g/mol. The fourth-order valence-corrected chi connectivity index (χ4v) is 7.05. The highest BCUT2D eigenvalue weighted by Crippen LogP contribution is 2.57. The van der Waals surface area contributed by atoms with Crippen LogP contribution in [-0.2, 0) is 24.7 Å². The Bertz CT molecular complexity index is 2190. The zero-order valence-corrected chi connectivity index (χ0v) is 25.4. The molecule has 0 N–H and O–H groups in total. The van der Waals surface area contributed by atoms with Gasteiger partial charge in [-0.25, -0.2) is 23.0 Å². The second-order valence-corrected chi connectivity index (χ2v) is 12.8. The number of nitrogens with zero attached hydrogens (tertiary/aromatic N) is 2. The molecule has 0 aromatic heterocycles. The lowest BCUT2D eigenvalue weighted by atomic mass is 9.71. The largest absolute Gasteiger partial charge is 0.411 e. The first-order valence-corrected chi connectivity index (χ1v) is 15.3. The molecule has 0 saturated heterocycles. The van der Waals surface area contributed by atoms with Crippen LogP contribution < -0.4 is 0 Å². The van der Waals surface area contributed by atoms with Crippen LogP contribution in [0.1, 0.15) is 48.5 Å². The monoisotopic (exact) mass is 686 g/mol. The Hall–Kier alpha value is -5.31. The van der Waals surface area contributed by atoms with Crippen molar-refractivity contribution in [2.24, 2.45) is 9.98 Å². The third kappa shape index (κ3) is 5.05. The highest BCUT2D eigenvalue weighted by molar-refractivity contribution is 7.91. The molecule has 6 rings (SSSR count). The number of aryl methyl sites for hydroxylation is 1. The zero-order valence-electron chi connectivity index (χ0n) is 24.6. The number of rotatable bonds is 5. The van der Waals surface area contributed by atoms with E-state index in [4.69, 9.17) is 9.47 Å². The SMILES string of the molecule is CN=C1OC(=O)c2ccc(C(c3ccc4c(c3)C(=O)OC4=Nc3cccc(S(=O)(=O)c4cccc(C)c4)c3)(C(F)(F)F)C(F)(F)F)cc21. The predicted molar refractivity (Wildman–Crippen MR) is 158 cm³/mol. The van der Waals surface area contributed by atoms with E-state index in [1.807, 2.05) is 0 Å². The van der Waals surface area contributed by atoms with E-state index in [9.17, 15) is 44.3 Å². The average molecular weight is 687 g/mol. The number of alkyl halides is 6. The van der Waals surface area contributed by atoms with Crippen LogP contribution in [0.4, 0.5) is 32.0 Å². The van der Waals surface area contributed by atoms with Gasteiger partial charge in [0.25, 0.3) is 0 Å². The number of fused-ring (bicyclic) bond motifs is 2. The number of aliphatic imine (C=N–C) groups is 2. The summed E-state index contributed by atoms with van der Waals surface area (Å²) >= 11 is 0. The van der Waals surface area contributed by atoms with Gasteiger partial charge in [0.15, 0.2) is 0 Å². The molecule has 15 heteroatoms. The number of carbonyl (C=O) groups excluding carboxylic acids is 2. The molecule has 246 valence electrons. The van der Waals surface area contributed by atoms with Crippen molar-refractivity contribution in [1.82, 2.24) is 0 Å². The van der Waals surface area contributed by atoms with Gasteiger partial charge >= 0.3 is 24.3 Å². The van der Waals surface area contributed by atoms with Crippen molar-refractivity contribution in [3.63, 3.8) is 0 Å². The van der Waals surface area contributed by atoms with Gasteiger partial charge in [0, 0.05) is 7.05 Å². The van der Waals surface area contributed by atoms with E-state index in [1.165, 1.54) is 36.4 Å². The van der Waals surface area contributed by atoms with Gasteiger partial charge in [0.05, 0.1) is 37.7 Å². The van der Waals surface area contributed by atoms with Crippen LogP contribution in [0.2, 0.25) is 0 Å². The van der Waals surface area contributed by atoms with E-state index in [-0.39, 0.29) is 32.2 Å². The van der Waals surface area contributed by atoms with E-state index in [0.29, 0.717) is 29.8 Å². The van der Waals surface area contributed by atoms with E-state index in [0.717, 1.165) is 19.2 Å². The molecule has 0 bridgehead atoms. The van der Waals surface area contributed by atoms with E-state index in [1.54, 1.807) is 19.1 Å². The summed E-state index contributed by atoms with van der Waals surface area (Å²) in [6.07, 6.45) is -12.0. The molecule has 4 aromatic carbocycles. The van der Waals surface area contributed by atoms with Gasteiger partial charge < -0.3 is 9.47 Å². The van der Waals surface area contributed by atoms with E-state index < -0.39 is 68.0 Å². The van der Waals surface area contributed by atoms with Gasteiger partial charge in [-0.1, -0.05) is 30.3 Å². The first kappa shape index (κ1) is 32.6. The van der Waals surface area contributed by atoms with Gasteiger partial charge in [-0.2, -0.15) is 26.3 Å². The quantitative estimate of drug-likeness (QED) is 0.165. The maximum Gasteiger partial charge on any atom is 0.411 e. The molecule has 0 amide bonds. The van der Waals surface area contributed by atoms with Crippen LogP contribution in [0.3, 0.4) is 0 Å². The first-order chi connectivity index (χ1) is 22.5. The number of halogens is 6. The second kappa shape index (κ2) is 11.1. The molecule has 0 atom stereocenters. The van der Waals surface area contributed by atoms with Crippen molar-refractivity contribution < 1.29 is 53.8 Å². The summed E-state index contributed by atoms with van der Waals surface area (Å²) in [6.45, 7) is 1.71. The summed E-state index contributed by atoms with van der Waals surface area (Å²) in [5.74, 6) is -3.19. The van der Waals surface area contributed by atoms with Crippen molar-refractivity contribution in [3.8, 4) is 0 Å². The summed E-state index contributed by atoms with van der Waals surface area (Å²) in [6, 6.07) is 15.1. The predicted octanol–water partition coefficient (Wildman–Crippen LogP) is 7.03. The normalized spacial score (nSPS) is 16.6. The number of sulfone groups is 1. The maximum atomic E-state index is 14.9. The number of carbonyl (C=O) groups is 2. The molecule has 4 aromatic rings. The summed E-state index contributed by atoms with van der Waals surface area (Å²) in [4.78, 5) is 32.6. The number of hydrogen-bond donors (Lipinski definition) is 0. The molecule has 2 heterocycles. The van der Waals surface area contributed by atoms with Crippen molar-refractivity contribution in [1.29, 1.82) is 0 Å². The fourth-order valence-electron chi connectivity index (χ4n) is 5.65. The Labute approximate surface area is 268 Å². The number of cyclic esters (lactones) is 2. The molecule has 0 fully saturated rings. The van der Waals surface area contributed by atoms with Crippen LogP contribution in [0.15, 0.2) is 105 Å². The Morgan fingerprint density at radius 1 is 0.625 bits per heavy atom. The van der Waals surface area contributed by atoms with Gasteiger partial charge in [0.1, 0.15) is 0 Å². The van der Waals surface area contributed by atoms with Gasteiger partial charge in [-0.3, -0.25) is 4.99 Å². The minimum atomic E-state index is -6.01. The molecule has 0 radical (unpaired) electrons. The summed E-state index contributed by atoms with van der Waals surface area (Å²) < 4.78 is 126. The molecule has 8 nitrogen and oxygen atoms in total. The van der Waals surface area contributed by atoms with Crippen molar-refractivity contribution in [2.75, 3.05) is 7.05 Å². The molecule has 0 aliphatic carbocycles. The van der Waals surface area contributed by atoms with Crippen LogP contribution in [-0.4, -0.2) is 51.6 Å². The number of hydrogen-bond acceptors (Lipinski definition) is 8. The fraction of sp³-hybridized carbons (Fsp3) is 0.152. The number of esters is 2. The molecule has 2 aliphatic rings. The van der Waals surface area contributed by atoms with E-state index >= 15 is 0 Å². The Balaban J connectivity index is 1.47. The summed E-state index contributed by atoms with van der Waals surface area (Å²) in [5.41, 5.74) is -8.14. The van der Waals surface area contributed by atoms with E-state index in [2.05, 4.69) is 9.98 Å². The van der Waals surface area contributed by atoms with Crippen LogP contribution >= 0.6 is 0 Å². The lowest BCUT2D eigenvalue weighted by Crippen LogP contribution is -2.55. The smallest absolute Gasteiger partial charge is 0.404 e. The molecular formula is C33H20F6N2O6S. The highest BCUT2D eigenvalue weighted by atomic mass is 32.2. The third-order valence-corrected chi connectivity index (χ3v) is 9.65. The Kier molecular flexibility index (Phi) is 7.58. The minimum Gasteiger partial charge on any atom is -0.404 e. The van der Waals surface area contributed by atoms with Gasteiger partial charge in [-0.15, -0.1) is 0 Å². The molecule has 0 spiro atoms. The van der Waals surface area contributed by atoms with Crippen LogP contribution in [0.25, 0.3) is 0 Å². The standard InChI is InChI=1S/C33H20F6N2O6S/c1-17-5-3-7-21(13-17)48(44,45)22-8-4-6-20(16-22)41-28-23-11-9-19(15-26(23)30(43)47-28)31(32(34,35)36,33(37,38)39)18-10-12-24-25(14-18)27(40-2)46-29(24)42/h3-16H,1-2H3. The number of benzene rings is 4. The lowest BCUT2D eigenvalue weighted by molar-refractivity contribution is -0.288. The van der Waals surface area contributed by atoms with Crippen molar-refractivity contribution in [2.45, 2.75) is 34.5 Å². The molecule has 0 saturated carbocycles. The molecule has 48 heavy (non-hydrogen) atoms. The van der Waals surface area contributed by atoms with Crippen molar-refractivity contribution >= 4 is 39.3 Å². The molecule has 2 aliphatic heterocycles. The van der Waals surface area contributed by atoms with Gasteiger partial charge in [0.2, 0.25) is 27.0 Å². The van der Waals surface area contributed by atoms with Crippen LogP contribution in [0.5, 0.6) is 0 Å². The lowest BCUT2D eigenvalue weighted by Gasteiger charge is -2.38. The highest BCUT2D eigenvalue weighted by Gasteiger charge is 2.73. The zero-order chi connectivity index (χ0) is 34.8. The first-order valence-electron chi connectivity index (χ1n) is 13.8. The van der Waals surface area contributed by atoms with Gasteiger partial charge in [-0.05, 0) is 78.2 Å². The molecule has 0 unspecified atom stereocenters. The summed E-state index contributed by atoms with van der Waals surface area (Å²) in [5, 5.41) is 0. The number of ether oxygens (including phenoxy) is 2. The van der Waals surface area contributed by atoms with Crippen LogP contribution in [0, 0.1) is 6.92 Å². The third-order valence-electron chi connectivity index (χ3n) is 7.90. The van der Waals surface area contributed by atoms with Crippen molar-refractivity contribution in [3.05, 3.63) is 124 Å². The second-order valence-electron chi connectivity index (χ2n) is 10.8. The maximum absolute atomic E-state index is 14.9. The summed E-state index contributed by atoms with van der Waals surface area (Å²) in [7, 11) is -2.85. The Morgan fingerprint density at radius 2 is 1.17 bits per heavy atom. The Morgan fingerprint density at radius 3 is 1.77 bits per heavy atom. The minimum absolute atomic E-state index is 0.0102. The topological polar surface area (TPSA) is 111 Å². The average Bonchev–Trinajstić information content (AvgIpc) is 3.50.